The maximum atomic E-state index is 12.8. The molecule has 19 heavy (non-hydrogen) atoms. The molecule has 114 valence electrons. The lowest BCUT2D eigenvalue weighted by molar-refractivity contribution is -0.0377. The van der Waals surface area contributed by atoms with Crippen LogP contribution < -0.4 is 0 Å². The standard InChI is InChI=1S/C14H27F2NO2/c1-6-8-12(7-2)17(11(3)4)13(18)19-14(5,9-15)10-16/h11-12H,6-10H2,1-5H3/t12-/m1/s1. The molecule has 0 rings (SSSR count). The van der Waals surface area contributed by atoms with Gasteiger partial charge in [0.2, 0.25) is 0 Å². The van der Waals surface area contributed by atoms with Gasteiger partial charge in [0, 0.05) is 12.1 Å². The van der Waals surface area contributed by atoms with E-state index in [2.05, 4.69) is 0 Å². The van der Waals surface area contributed by atoms with Crippen molar-refractivity contribution in [3.05, 3.63) is 0 Å². The number of amides is 1. The van der Waals surface area contributed by atoms with E-state index in [-0.39, 0.29) is 12.1 Å². The molecule has 0 heterocycles. The molecule has 0 bridgehead atoms. The van der Waals surface area contributed by atoms with Gasteiger partial charge in [-0.2, -0.15) is 0 Å². The van der Waals surface area contributed by atoms with Crippen molar-refractivity contribution in [1.82, 2.24) is 4.90 Å². The van der Waals surface area contributed by atoms with Crippen LogP contribution in [0, 0.1) is 0 Å². The number of alkyl halides is 2. The lowest BCUT2D eigenvalue weighted by Gasteiger charge is -2.36. The molecule has 0 radical (unpaired) electrons. The SMILES string of the molecule is CCC[C@@H](CC)N(C(=O)OC(C)(CF)CF)C(C)C. The normalized spacial score (nSPS) is 13.5. The molecule has 0 fully saturated rings. The number of hydrogen-bond acceptors (Lipinski definition) is 2. The highest BCUT2D eigenvalue weighted by molar-refractivity contribution is 5.69. The van der Waals surface area contributed by atoms with Gasteiger partial charge in [0.25, 0.3) is 0 Å². The molecule has 0 saturated heterocycles. The fourth-order valence-electron chi connectivity index (χ4n) is 2.01. The Balaban J connectivity index is 4.93. The summed E-state index contributed by atoms with van der Waals surface area (Å²) in [6.07, 6.45) is 1.96. The molecular weight excluding hydrogens is 252 g/mol. The molecule has 0 N–H and O–H groups in total. The quantitative estimate of drug-likeness (QED) is 0.669. The summed E-state index contributed by atoms with van der Waals surface area (Å²) < 4.78 is 30.6. The summed E-state index contributed by atoms with van der Waals surface area (Å²) in [5, 5.41) is 0. The Morgan fingerprint density at radius 3 is 2.11 bits per heavy atom. The van der Waals surface area contributed by atoms with Gasteiger partial charge >= 0.3 is 6.09 Å². The van der Waals surface area contributed by atoms with Crippen LogP contribution >= 0.6 is 0 Å². The van der Waals surface area contributed by atoms with Crippen molar-refractivity contribution in [2.45, 2.75) is 71.6 Å². The second kappa shape index (κ2) is 8.33. The molecular formula is C14H27F2NO2. The van der Waals surface area contributed by atoms with E-state index in [0.29, 0.717) is 0 Å². The number of ether oxygens (including phenoxy) is 1. The summed E-state index contributed by atoms with van der Waals surface area (Å²) >= 11 is 0. The number of carbonyl (C=O) groups excluding carboxylic acids is 1. The zero-order valence-electron chi connectivity index (χ0n) is 12.7. The van der Waals surface area contributed by atoms with Gasteiger partial charge in [-0.15, -0.1) is 0 Å². The minimum atomic E-state index is -1.67. The van der Waals surface area contributed by atoms with Crippen LogP contribution in [0.1, 0.15) is 53.9 Å². The third-order valence-corrected chi connectivity index (χ3v) is 3.15. The van der Waals surface area contributed by atoms with Crippen molar-refractivity contribution in [2.75, 3.05) is 13.3 Å². The average Bonchev–Trinajstić information content (AvgIpc) is 2.37. The Kier molecular flexibility index (Phi) is 7.95. The third kappa shape index (κ3) is 5.33. The highest BCUT2D eigenvalue weighted by Gasteiger charge is 2.34. The summed E-state index contributed by atoms with van der Waals surface area (Å²) in [6, 6.07) is -0.0200. The van der Waals surface area contributed by atoms with Crippen molar-refractivity contribution < 1.29 is 18.3 Å². The van der Waals surface area contributed by atoms with E-state index in [4.69, 9.17) is 4.74 Å². The van der Waals surface area contributed by atoms with Crippen LogP contribution in [0.15, 0.2) is 0 Å². The van der Waals surface area contributed by atoms with Crippen LogP contribution in [0.2, 0.25) is 0 Å². The molecule has 0 unspecified atom stereocenters. The number of hydrogen-bond donors (Lipinski definition) is 0. The van der Waals surface area contributed by atoms with E-state index in [1.54, 1.807) is 4.90 Å². The summed E-state index contributed by atoms with van der Waals surface area (Å²) in [5.41, 5.74) is -1.67. The number of carbonyl (C=O) groups is 1. The van der Waals surface area contributed by atoms with Crippen molar-refractivity contribution in [3.8, 4) is 0 Å². The molecule has 0 spiro atoms. The molecule has 0 aliphatic carbocycles. The largest absolute Gasteiger partial charge is 0.437 e. The van der Waals surface area contributed by atoms with E-state index in [9.17, 15) is 13.6 Å². The summed E-state index contributed by atoms with van der Waals surface area (Å²) in [7, 11) is 0. The van der Waals surface area contributed by atoms with Crippen molar-refractivity contribution in [1.29, 1.82) is 0 Å². The average molecular weight is 279 g/mol. The molecule has 0 aliphatic heterocycles. The molecule has 1 amide bonds. The summed E-state index contributed by atoms with van der Waals surface area (Å²) in [5.74, 6) is 0. The Labute approximate surface area is 115 Å². The van der Waals surface area contributed by atoms with Crippen LogP contribution in [0.25, 0.3) is 0 Å². The van der Waals surface area contributed by atoms with Gasteiger partial charge in [0.05, 0.1) is 0 Å². The monoisotopic (exact) mass is 279 g/mol. The van der Waals surface area contributed by atoms with Gasteiger partial charge in [0.15, 0.2) is 5.60 Å². The first kappa shape index (κ1) is 18.1. The fourth-order valence-corrected chi connectivity index (χ4v) is 2.01. The third-order valence-electron chi connectivity index (χ3n) is 3.15. The number of rotatable bonds is 8. The smallest absolute Gasteiger partial charge is 0.410 e. The second-order valence-corrected chi connectivity index (χ2v) is 5.44. The van der Waals surface area contributed by atoms with E-state index < -0.39 is 25.0 Å². The van der Waals surface area contributed by atoms with E-state index in [1.807, 2.05) is 27.7 Å². The lowest BCUT2D eigenvalue weighted by Crippen LogP contribution is -2.49. The topological polar surface area (TPSA) is 29.5 Å². The second-order valence-electron chi connectivity index (χ2n) is 5.44. The molecule has 3 nitrogen and oxygen atoms in total. The Bertz CT molecular complexity index is 268. The highest BCUT2D eigenvalue weighted by Crippen LogP contribution is 2.20. The van der Waals surface area contributed by atoms with Crippen molar-refractivity contribution in [2.24, 2.45) is 0 Å². The van der Waals surface area contributed by atoms with Gasteiger partial charge in [-0.25, -0.2) is 13.6 Å². The predicted molar refractivity (Wildman–Crippen MR) is 72.8 cm³/mol. The zero-order chi connectivity index (χ0) is 15.1. The Hall–Kier alpha value is -0.870. The highest BCUT2D eigenvalue weighted by atomic mass is 19.1. The molecule has 5 heteroatoms. The number of nitrogens with zero attached hydrogens (tertiary/aromatic N) is 1. The molecule has 1 atom stereocenters. The van der Waals surface area contributed by atoms with Gasteiger partial charge < -0.3 is 9.64 Å². The maximum Gasteiger partial charge on any atom is 0.410 e. The molecule has 0 saturated carbocycles. The van der Waals surface area contributed by atoms with E-state index in [1.165, 1.54) is 6.92 Å². The Morgan fingerprint density at radius 2 is 1.79 bits per heavy atom. The molecule has 0 aliphatic rings. The predicted octanol–water partition coefficient (Wildman–Crippen LogP) is 4.11. The van der Waals surface area contributed by atoms with Crippen molar-refractivity contribution >= 4 is 6.09 Å². The minimum Gasteiger partial charge on any atom is -0.437 e. The molecule has 0 aromatic carbocycles. The van der Waals surface area contributed by atoms with Gasteiger partial charge in [0.1, 0.15) is 13.3 Å². The summed E-state index contributed by atoms with van der Waals surface area (Å²) in [6.45, 7) is 7.01. The van der Waals surface area contributed by atoms with E-state index in [0.717, 1.165) is 19.3 Å². The number of halogens is 2. The van der Waals surface area contributed by atoms with Crippen LogP contribution in [0.5, 0.6) is 0 Å². The van der Waals surface area contributed by atoms with Crippen molar-refractivity contribution in [3.63, 3.8) is 0 Å². The van der Waals surface area contributed by atoms with Crippen LogP contribution in [-0.2, 0) is 4.74 Å². The van der Waals surface area contributed by atoms with Gasteiger partial charge in [-0.3, -0.25) is 0 Å². The van der Waals surface area contributed by atoms with Gasteiger partial charge in [-0.1, -0.05) is 20.3 Å². The minimum absolute atomic E-state index is 0.0426. The Morgan fingerprint density at radius 1 is 1.26 bits per heavy atom. The first-order chi connectivity index (χ1) is 8.85. The van der Waals surface area contributed by atoms with Crippen LogP contribution in [-0.4, -0.2) is 42.0 Å². The van der Waals surface area contributed by atoms with Crippen LogP contribution in [0.4, 0.5) is 13.6 Å². The zero-order valence-corrected chi connectivity index (χ0v) is 12.7. The van der Waals surface area contributed by atoms with E-state index >= 15 is 0 Å². The molecule has 0 aromatic heterocycles. The first-order valence-corrected chi connectivity index (χ1v) is 6.98. The summed E-state index contributed by atoms with van der Waals surface area (Å²) in [4.78, 5) is 13.8. The fraction of sp³-hybridized carbons (Fsp3) is 0.929. The lowest BCUT2D eigenvalue weighted by atomic mass is 10.1. The first-order valence-electron chi connectivity index (χ1n) is 6.98. The maximum absolute atomic E-state index is 12.8. The van der Waals surface area contributed by atoms with Crippen LogP contribution in [0.3, 0.4) is 0 Å². The van der Waals surface area contributed by atoms with Gasteiger partial charge in [-0.05, 0) is 33.6 Å². The molecule has 0 aromatic rings.